The molecule has 1 amide bonds. The van der Waals surface area contributed by atoms with Crippen molar-refractivity contribution >= 4 is 5.91 Å². The first-order chi connectivity index (χ1) is 13.2. The molecule has 5 nitrogen and oxygen atoms in total. The van der Waals surface area contributed by atoms with Crippen LogP contribution in [0.4, 0.5) is 0 Å². The van der Waals surface area contributed by atoms with Crippen molar-refractivity contribution in [3.63, 3.8) is 0 Å². The summed E-state index contributed by atoms with van der Waals surface area (Å²) in [6.07, 6.45) is 2.75. The molecule has 1 fully saturated rings. The van der Waals surface area contributed by atoms with E-state index in [1.165, 1.54) is 0 Å². The molecule has 0 saturated carbocycles. The van der Waals surface area contributed by atoms with Crippen molar-refractivity contribution in [1.82, 2.24) is 14.7 Å². The Morgan fingerprint density at radius 2 is 1.96 bits per heavy atom. The van der Waals surface area contributed by atoms with Crippen LogP contribution in [0.25, 0.3) is 16.9 Å². The number of rotatable bonds is 4. The molecule has 4 rings (SSSR count). The van der Waals surface area contributed by atoms with Crippen LogP contribution >= 0.6 is 0 Å². The van der Waals surface area contributed by atoms with Crippen LogP contribution in [0.2, 0.25) is 0 Å². The lowest BCUT2D eigenvalue weighted by Crippen LogP contribution is -2.34. The SMILES string of the molecule is CC1CC(CN)CN1C(=O)c1cccc(-n2nccc2-c2ccccc2)c1. The maximum absolute atomic E-state index is 13.1. The maximum atomic E-state index is 13.1. The third-order valence-corrected chi connectivity index (χ3v) is 5.31. The van der Waals surface area contributed by atoms with E-state index in [0.29, 0.717) is 18.0 Å². The first kappa shape index (κ1) is 17.5. The van der Waals surface area contributed by atoms with Crippen LogP contribution < -0.4 is 5.73 Å². The van der Waals surface area contributed by atoms with Crippen LogP contribution in [0.15, 0.2) is 66.9 Å². The number of benzene rings is 2. The largest absolute Gasteiger partial charge is 0.336 e. The minimum atomic E-state index is 0.0636. The highest BCUT2D eigenvalue weighted by Crippen LogP contribution is 2.26. The van der Waals surface area contributed by atoms with Crippen molar-refractivity contribution in [1.29, 1.82) is 0 Å². The summed E-state index contributed by atoms with van der Waals surface area (Å²) in [5.74, 6) is 0.455. The first-order valence-corrected chi connectivity index (χ1v) is 9.38. The van der Waals surface area contributed by atoms with Crippen LogP contribution in [0.3, 0.4) is 0 Å². The fraction of sp³-hybridized carbons (Fsp3) is 0.273. The highest BCUT2D eigenvalue weighted by atomic mass is 16.2. The van der Waals surface area contributed by atoms with E-state index in [1.807, 2.05) is 58.1 Å². The van der Waals surface area contributed by atoms with Crippen LogP contribution in [0.5, 0.6) is 0 Å². The highest BCUT2D eigenvalue weighted by molar-refractivity contribution is 5.95. The Balaban J connectivity index is 1.65. The Hall–Kier alpha value is -2.92. The number of hydrogen-bond donors (Lipinski definition) is 1. The van der Waals surface area contributed by atoms with E-state index in [-0.39, 0.29) is 11.9 Å². The molecule has 27 heavy (non-hydrogen) atoms. The van der Waals surface area contributed by atoms with Gasteiger partial charge in [0, 0.05) is 23.7 Å². The number of carbonyl (C=O) groups excluding carboxylic acids is 1. The predicted molar refractivity (Wildman–Crippen MR) is 107 cm³/mol. The number of hydrogen-bond acceptors (Lipinski definition) is 3. The Bertz CT molecular complexity index is 934. The zero-order valence-corrected chi connectivity index (χ0v) is 15.5. The Labute approximate surface area is 159 Å². The molecule has 3 aromatic rings. The van der Waals surface area contributed by atoms with Gasteiger partial charge in [-0.2, -0.15) is 5.10 Å². The number of carbonyl (C=O) groups is 1. The van der Waals surface area contributed by atoms with Gasteiger partial charge in [-0.3, -0.25) is 4.79 Å². The Morgan fingerprint density at radius 1 is 1.15 bits per heavy atom. The van der Waals surface area contributed by atoms with Crippen molar-refractivity contribution in [3.05, 3.63) is 72.4 Å². The van der Waals surface area contributed by atoms with Crippen LogP contribution in [-0.2, 0) is 0 Å². The third-order valence-electron chi connectivity index (χ3n) is 5.31. The summed E-state index contributed by atoms with van der Waals surface area (Å²) in [4.78, 5) is 15.0. The molecule has 1 aliphatic heterocycles. The lowest BCUT2D eigenvalue weighted by molar-refractivity contribution is 0.0743. The fourth-order valence-corrected chi connectivity index (χ4v) is 3.87. The van der Waals surface area contributed by atoms with Gasteiger partial charge in [0.15, 0.2) is 0 Å². The molecule has 2 aromatic carbocycles. The molecule has 1 saturated heterocycles. The van der Waals surface area contributed by atoms with E-state index in [4.69, 9.17) is 5.73 Å². The third kappa shape index (κ3) is 3.38. The smallest absolute Gasteiger partial charge is 0.254 e. The quantitative estimate of drug-likeness (QED) is 0.776. The van der Waals surface area contributed by atoms with E-state index in [2.05, 4.69) is 24.2 Å². The molecule has 0 bridgehead atoms. The zero-order valence-electron chi connectivity index (χ0n) is 15.5. The molecule has 5 heteroatoms. The van der Waals surface area contributed by atoms with Gasteiger partial charge in [-0.25, -0.2) is 4.68 Å². The second kappa shape index (κ2) is 7.37. The number of nitrogens with two attached hydrogens (primary N) is 1. The zero-order chi connectivity index (χ0) is 18.8. The minimum absolute atomic E-state index is 0.0636. The van der Waals surface area contributed by atoms with Gasteiger partial charge in [-0.05, 0) is 50.1 Å². The first-order valence-electron chi connectivity index (χ1n) is 9.38. The molecule has 2 atom stereocenters. The van der Waals surface area contributed by atoms with Gasteiger partial charge < -0.3 is 10.6 Å². The lowest BCUT2D eigenvalue weighted by atomic mass is 10.1. The number of likely N-dealkylation sites (tertiary alicyclic amines) is 1. The molecule has 2 heterocycles. The van der Waals surface area contributed by atoms with Gasteiger partial charge >= 0.3 is 0 Å². The number of nitrogens with zero attached hydrogens (tertiary/aromatic N) is 3. The van der Waals surface area contributed by atoms with Gasteiger partial charge in [-0.1, -0.05) is 36.4 Å². The normalized spacial score (nSPS) is 19.4. The van der Waals surface area contributed by atoms with E-state index in [1.54, 1.807) is 6.20 Å². The molecule has 1 aliphatic rings. The molecule has 2 N–H and O–H groups in total. The second-order valence-electron chi connectivity index (χ2n) is 7.19. The van der Waals surface area contributed by atoms with Crippen molar-refractivity contribution in [2.75, 3.05) is 13.1 Å². The minimum Gasteiger partial charge on any atom is -0.336 e. The monoisotopic (exact) mass is 360 g/mol. The van der Waals surface area contributed by atoms with Gasteiger partial charge in [0.25, 0.3) is 5.91 Å². The molecular weight excluding hydrogens is 336 g/mol. The van der Waals surface area contributed by atoms with Crippen molar-refractivity contribution < 1.29 is 4.79 Å². The van der Waals surface area contributed by atoms with Crippen LogP contribution in [0, 0.1) is 5.92 Å². The van der Waals surface area contributed by atoms with Gasteiger partial charge in [0.05, 0.1) is 17.6 Å². The Morgan fingerprint density at radius 3 is 2.70 bits per heavy atom. The summed E-state index contributed by atoms with van der Waals surface area (Å²) in [6, 6.07) is 20.0. The summed E-state index contributed by atoms with van der Waals surface area (Å²) in [6.45, 7) is 3.46. The molecule has 138 valence electrons. The topological polar surface area (TPSA) is 64.2 Å². The number of amides is 1. The molecule has 1 aromatic heterocycles. The van der Waals surface area contributed by atoms with Gasteiger partial charge in [0.1, 0.15) is 0 Å². The number of aromatic nitrogens is 2. The van der Waals surface area contributed by atoms with E-state index in [0.717, 1.165) is 29.9 Å². The maximum Gasteiger partial charge on any atom is 0.254 e. The predicted octanol–water partition coefficient (Wildman–Crippen LogP) is 3.35. The molecule has 0 radical (unpaired) electrons. The summed E-state index contributed by atoms with van der Waals surface area (Å²) in [7, 11) is 0. The average molecular weight is 360 g/mol. The van der Waals surface area contributed by atoms with Gasteiger partial charge in [0.2, 0.25) is 0 Å². The van der Waals surface area contributed by atoms with E-state index in [9.17, 15) is 4.79 Å². The molecular formula is C22H24N4O. The van der Waals surface area contributed by atoms with E-state index >= 15 is 0 Å². The second-order valence-corrected chi connectivity index (χ2v) is 7.19. The van der Waals surface area contributed by atoms with Crippen LogP contribution in [0.1, 0.15) is 23.7 Å². The van der Waals surface area contributed by atoms with Crippen molar-refractivity contribution in [2.45, 2.75) is 19.4 Å². The fourth-order valence-electron chi connectivity index (χ4n) is 3.87. The standard InChI is InChI=1S/C22H24N4O/c1-16-12-17(14-23)15-25(16)22(27)19-8-5-9-20(13-19)26-21(10-11-24-26)18-6-3-2-4-7-18/h2-11,13,16-17H,12,14-15,23H2,1H3. The Kier molecular flexibility index (Phi) is 4.77. The van der Waals surface area contributed by atoms with Crippen LogP contribution in [-0.4, -0.2) is 39.7 Å². The summed E-state index contributed by atoms with van der Waals surface area (Å²) in [5, 5.41) is 4.48. The van der Waals surface area contributed by atoms with Gasteiger partial charge in [-0.15, -0.1) is 0 Å². The molecule has 0 aliphatic carbocycles. The molecule has 2 unspecified atom stereocenters. The summed E-state index contributed by atoms with van der Waals surface area (Å²) in [5.41, 5.74) is 9.46. The summed E-state index contributed by atoms with van der Waals surface area (Å²) < 4.78 is 1.88. The van der Waals surface area contributed by atoms with E-state index < -0.39 is 0 Å². The van der Waals surface area contributed by atoms with Crippen molar-refractivity contribution in [2.24, 2.45) is 11.7 Å². The summed E-state index contributed by atoms with van der Waals surface area (Å²) >= 11 is 0. The average Bonchev–Trinajstić information content (AvgIpc) is 3.35. The lowest BCUT2D eigenvalue weighted by Gasteiger charge is -2.22. The highest BCUT2D eigenvalue weighted by Gasteiger charge is 2.32. The molecule has 0 spiro atoms. The van der Waals surface area contributed by atoms with Crippen molar-refractivity contribution in [3.8, 4) is 16.9 Å².